The second-order valence-corrected chi connectivity index (χ2v) is 2.96. The Morgan fingerprint density at radius 3 is 2.57 bits per heavy atom. The molecule has 1 heterocycles. The van der Waals surface area contributed by atoms with Crippen molar-refractivity contribution in [1.82, 2.24) is 14.1 Å². The summed E-state index contributed by atoms with van der Waals surface area (Å²) in [6.45, 7) is 2.31. The molecule has 0 aliphatic rings. The highest BCUT2D eigenvalue weighted by Gasteiger charge is 2.07. The summed E-state index contributed by atoms with van der Waals surface area (Å²) in [4.78, 5) is 26.7. The summed E-state index contributed by atoms with van der Waals surface area (Å²) in [6.07, 6.45) is 0.732. The summed E-state index contributed by atoms with van der Waals surface area (Å²) in [5.74, 6) is 0.285. The molecule has 0 fully saturated rings. The molecule has 0 aliphatic carbocycles. The number of aromatic nitrogens is 3. The SMILES string of the molecule is CCCn1c(=O)nc(NC)n(C)c1=O. The van der Waals surface area contributed by atoms with Crippen molar-refractivity contribution in [3.8, 4) is 0 Å². The molecular weight excluding hydrogens is 184 g/mol. The van der Waals surface area contributed by atoms with E-state index in [1.165, 1.54) is 4.57 Å². The van der Waals surface area contributed by atoms with Crippen molar-refractivity contribution in [2.24, 2.45) is 7.05 Å². The van der Waals surface area contributed by atoms with Gasteiger partial charge in [-0.15, -0.1) is 0 Å². The molecule has 0 saturated carbocycles. The third-order valence-electron chi connectivity index (χ3n) is 1.94. The van der Waals surface area contributed by atoms with Crippen LogP contribution < -0.4 is 16.7 Å². The Morgan fingerprint density at radius 1 is 1.43 bits per heavy atom. The first kappa shape index (κ1) is 10.5. The third kappa shape index (κ3) is 1.68. The quantitative estimate of drug-likeness (QED) is 0.703. The molecule has 0 radical (unpaired) electrons. The lowest BCUT2D eigenvalue weighted by Gasteiger charge is -2.08. The van der Waals surface area contributed by atoms with Crippen LogP contribution in [0.25, 0.3) is 0 Å². The maximum absolute atomic E-state index is 11.6. The minimum atomic E-state index is -0.501. The molecule has 6 nitrogen and oxygen atoms in total. The number of hydrogen-bond acceptors (Lipinski definition) is 4. The molecule has 0 spiro atoms. The Morgan fingerprint density at radius 2 is 2.07 bits per heavy atom. The molecule has 78 valence electrons. The lowest BCUT2D eigenvalue weighted by molar-refractivity contribution is 0.561. The molecule has 0 aliphatic heterocycles. The predicted octanol–water partition coefficient (Wildman–Crippen LogP) is -0.606. The smallest absolute Gasteiger partial charge is 0.354 e. The highest BCUT2D eigenvalue weighted by atomic mass is 16.2. The largest absolute Gasteiger partial charge is 0.358 e. The zero-order valence-corrected chi connectivity index (χ0v) is 8.57. The first-order valence-corrected chi connectivity index (χ1v) is 4.47. The van der Waals surface area contributed by atoms with Crippen LogP contribution in [0, 0.1) is 0 Å². The van der Waals surface area contributed by atoms with Crippen LogP contribution in [0.15, 0.2) is 9.59 Å². The molecule has 0 bridgehead atoms. The molecule has 14 heavy (non-hydrogen) atoms. The molecule has 1 aromatic heterocycles. The Labute approximate surface area is 81.2 Å². The lowest BCUT2D eigenvalue weighted by atomic mass is 10.5. The van der Waals surface area contributed by atoms with Crippen molar-refractivity contribution in [3.05, 3.63) is 21.0 Å². The highest BCUT2D eigenvalue weighted by Crippen LogP contribution is 1.90. The fraction of sp³-hybridized carbons (Fsp3) is 0.625. The Hall–Kier alpha value is -1.59. The normalized spacial score (nSPS) is 10.2. The summed E-state index contributed by atoms with van der Waals surface area (Å²) < 4.78 is 2.44. The monoisotopic (exact) mass is 198 g/mol. The van der Waals surface area contributed by atoms with Crippen molar-refractivity contribution in [2.75, 3.05) is 12.4 Å². The van der Waals surface area contributed by atoms with Gasteiger partial charge in [0.15, 0.2) is 0 Å². The second kappa shape index (κ2) is 4.08. The standard InChI is InChI=1S/C8H14N4O2/c1-4-5-12-7(13)10-6(9-2)11(3)8(12)14/h4-5H2,1-3H3,(H,9,10,13). The van der Waals surface area contributed by atoms with Gasteiger partial charge in [0.05, 0.1) is 0 Å². The van der Waals surface area contributed by atoms with Crippen LogP contribution in [0.5, 0.6) is 0 Å². The van der Waals surface area contributed by atoms with E-state index in [2.05, 4.69) is 10.3 Å². The first-order valence-electron chi connectivity index (χ1n) is 4.47. The zero-order chi connectivity index (χ0) is 10.7. The van der Waals surface area contributed by atoms with Crippen LogP contribution in [0.1, 0.15) is 13.3 Å². The molecule has 1 aromatic rings. The van der Waals surface area contributed by atoms with Crippen molar-refractivity contribution in [3.63, 3.8) is 0 Å². The summed E-state index contributed by atoms with van der Waals surface area (Å²) in [7, 11) is 3.19. The van der Waals surface area contributed by atoms with Gasteiger partial charge in [0, 0.05) is 20.6 Å². The molecule has 0 atom stereocenters. The maximum Gasteiger partial charge on any atom is 0.354 e. The lowest BCUT2D eigenvalue weighted by Crippen LogP contribution is -2.41. The van der Waals surface area contributed by atoms with E-state index < -0.39 is 5.69 Å². The van der Waals surface area contributed by atoms with Gasteiger partial charge in [-0.1, -0.05) is 6.92 Å². The average Bonchev–Trinajstić information content (AvgIpc) is 2.18. The van der Waals surface area contributed by atoms with Gasteiger partial charge < -0.3 is 5.32 Å². The van der Waals surface area contributed by atoms with Crippen molar-refractivity contribution in [2.45, 2.75) is 19.9 Å². The van der Waals surface area contributed by atoms with E-state index in [4.69, 9.17) is 0 Å². The van der Waals surface area contributed by atoms with Gasteiger partial charge >= 0.3 is 11.4 Å². The summed E-state index contributed by atoms with van der Waals surface area (Å²) >= 11 is 0. The van der Waals surface area contributed by atoms with Crippen molar-refractivity contribution in [1.29, 1.82) is 0 Å². The van der Waals surface area contributed by atoms with E-state index in [9.17, 15) is 9.59 Å². The molecule has 6 heteroatoms. The van der Waals surface area contributed by atoms with Crippen LogP contribution in [0.2, 0.25) is 0 Å². The van der Waals surface area contributed by atoms with Gasteiger partial charge in [-0.2, -0.15) is 4.98 Å². The van der Waals surface area contributed by atoms with Gasteiger partial charge in [0.1, 0.15) is 0 Å². The summed E-state index contributed by atoms with van der Waals surface area (Å²) in [6, 6.07) is 0. The van der Waals surface area contributed by atoms with Crippen LogP contribution in [-0.2, 0) is 13.6 Å². The number of hydrogen-bond donors (Lipinski definition) is 1. The van der Waals surface area contributed by atoms with Crippen LogP contribution in [0.3, 0.4) is 0 Å². The van der Waals surface area contributed by atoms with E-state index in [0.717, 1.165) is 11.0 Å². The molecule has 0 aromatic carbocycles. The molecule has 1 N–H and O–H groups in total. The Kier molecular flexibility index (Phi) is 3.06. The molecule has 0 unspecified atom stereocenters. The van der Waals surface area contributed by atoms with E-state index in [-0.39, 0.29) is 11.6 Å². The van der Waals surface area contributed by atoms with Gasteiger partial charge in [0.25, 0.3) is 0 Å². The van der Waals surface area contributed by atoms with Crippen LogP contribution in [-0.4, -0.2) is 21.2 Å². The topological polar surface area (TPSA) is 68.9 Å². The Balaban J connectivity index is 3.42. The number of nitrogens with one attached hydrogen (secondary N) is 1. The van der Waals surface area contributed by atoms with Gasteiger partial charge in [-0.05, 0) is 6.42 Å². The van der Waals surface area contributed by atoms with Gasteiger partial charge in [-0.25, -0.2) is 14.2 Å². The third-order valence-corrected chi connectivity index (χ3v) is 1.94. The maximum atomic E-state index is 11.6. The molecule has 1 rings (SSSR count). The highest BCUT2D eigenvalue weighted by molar-refractivity contribution is 5.21. The summed E-state index contributed by atoms with van der Waals surface area (Å²) in [5, 5.41) is 2.68. The fourth-order valence-corrected chi connectivity index (χ4v) is 1.22. The zero-order valence-electron chi connectivity index (χ0n) is 8.57. The molecular formula is C8H14N4O2. The molecule has 0 saturated heterocycles. The van der Waals surface area contributed by atoms with Crippen molar-refractivity contribution >= 4 is 5.95 Å². The first-order chi connectivity index (χ1) is 6.61. The Bertz CT molecular complexity index is 432. The van der Waals surface area contributed by atoms with Crippen molar-refractivity contribution < 1.29 is 0 Å². The summed E-state index contributed by atoms with van der Waals surface area (Å²) in [5.41, 5.74) is -0.837. The van der Waals surface area contributed by atoms with E-state index >= 15 is 0 Å². The van der Waals surface area contributed by atoms with Gasteiger partial charge in [-0.3, -0.25) is 4.57 Å². The van der Waals surface area contributed by atoms with Gasteiger partial charge in [0.2, 0.25) is 5.95 Å². The average molecular weight is 198 g/mol. The van der Waals surface area contributed by atoms with Crippen LogP contribution in [0.4, 0.5) is 5.95 Å². The number of rotatable bonds is 3. The van der Waals surface area contributed by atoms with E-state index in [0.29, 0.717) is 6.54 Å². The number of nitrogens with zero attached hydrogens (tertiary/aromatic N) is 3. The van der Waals surface area contributed by atoms with Crippen LogP contribution >= 0.6 is 0 Å². The second-order valence-electron chi connectivity index (χ2n) is 2.96. The molecule has 0 amide bonds. The minimum absolute atomic E-state index is 0.285. The number of anilines is 1. The fourth-order valence-electron chi connectivity index (χ4n) is 1.22. The minimum Gasteiger partial charge on any atom is -0.358 e. The van der Waals surface area contributed by atoms with E-state index in [1.807, 2.05) is 6.92 Å². The van der Waals surface area contributed by atoms with E-state index in [1.54, 1.807) is 14.1 Å². The predicted molar refractivity (Wildman–Crippen MR) is 53.6 cm³/mol.